The Bertz CT molecular complexity index is 1680. The molecule has 208 valence electrons. The molecular weight excluding hydrogens is 590 g/mol. The zero-order valence-electron chi connectivity index (χ0n) is 23.6. The molecule has 3 nitrogen and oxygen atoms in total. The molecule has 6 aromatic rings. The van der Waals surface area contributed by atoms with E-state index in [9.17, 15) is 0 Å². The van der Waals surface area contributed by atoms with E-state index in [1.54, 1.807) is 12.1 Å². The van der Waals surface area contributed by atoms with E-state index in [1.165, 1.54) is 11.1 Å². The maximum absolute atomic E-state index is 9.12. The fourth-order valence-electron chi connectivity index (χ4n) is 4.30. The third-order valence-electron chi connectivity index (χ3n) is 6.31. The summed E-state index contributed by atoms with van der Waals surface area (Å²) in [6.45, 7) is 0. The molecule has 4 heteroatoms. The highest BCUT2D eigenvalue weighted by Gasteiger charge is 2.11. The van der Waals surface area contributed by atoms with Gasteiger partial charge in [-0.2, -0.15) is 10.5 Å². The van der Waals surface area contributed by atoms with Crippen LogP contribution in [0.5, 0.6) is 0 Å². The molecule has 0 fully saturated rings. The number of rotatable bonds is 5. The molecule has 0 saturated heterocycles. The highest BCUT2D eigenvalue weighted by Crippen LogP contribution is 2.34. The van der Waals surface area contributed by atoms with Crippen LogP contribution in [0.2, 0.25) is 0 Å². The normalized spacial score (nSPS) is 9.56. The Hall–Kier alpha value is -5.42. The largest absolute Gasteiger partial charge is 0.310 e. The molecule has 43 heavy (non-hydrogen) atoms. The van der Waals surface area contributed by atoms with Crippen molar-refractivity contribution in [2.75, 3.05) is 4.90 Å². The van der Waals surface area contributed by atoms with E-state index in [-0.39, 0.29) is 0 Å². The summed E-state index contributed by atoms with van der Waals surface area (Å²) in [4.78, 5) is 2.14. The summed E-state index contributed by atoms with van der Waals surface area (Å²) in [5.74, 6) is 0. The molecular formula is C39H30BrN3. The number of hydrogen-bond donors (Lipinski definition) is 0. The van der Waals surface area contributed by atoms with Crippen LogP contribution in [0.3, 0.4) is 0 Å². The monoisotopic (exact) mass is 619 g/mol. The lowest BCUT2D eigenvalue weighted by molar-refractivity contribution is 1.19. The molecule has 0 saturated carbocycles. The summed E-state index contributed by atoms with van der Waals surface area (Å²) in [5.41, 5.74) is 7.19. The van der Waals surface area contributed by atoms with Crippen molar-refractivity contribution < 1.29 is 0 Å². The van der Waals surface area contributed by atoms with Gasteiger partial charge in [0.2, 0.25) is 0 Å². The fourth-order valence-corrected chi connectivity index (χ4v) is 4.70. The molecule has 0 amide bonds. The summed E-state index contributed by atoms with van der Waals surface area (Å²) in [5, 5.41) is 17.5. The van der Waals surface area contributed by atoms with Gasteiger partial charge in [-0.1, -0.05) is 125 Å². The second-order valence-electron chi connectivity index (χ2n) is 9.44. The Labute approximate surface area is 262 Å². The Kier molecular flexibility index (Phi) is 11.9. The molecule has 6 rings (SSSR count). The number of nitriles is 2. The van der Waals surface area contributed by atoms with Crippen LogP contribution in [0.4, 0.5) is 17.1 Å². The molecule has 0 N–H and O–H groups in total. The van der Waals surface area contributed by atoms with Gasteiger partial charge in [0, 0.05) is 21.5 Å². The zero-order chi connectivity index (χ0) is 30.1. The minimum absolute atomic E-state index is 0.657. The first-order valence-corrected chi connectivity index (χ1v) is 14.6. The quantitative estimate of drug-likeness (QED) is 0.193. The van der Waals surface area contributed by atoms with Crippen LogP contribution >= 0.6 is 15.9 Å². The maximum Gasteiger partial charge on any atom is 0.0992 e. The summed E-state index contributed by atoms with van der Waals surface area (Å²) < 4.78 is 0.946. The molecule has 0 unspecified atom stereocenters. The first kappa shape index (κ1) is 30.5. The molecule has 0 aliphatic carbocycles. The van der Waals surface area contributed by atoms with Gasteiger partial charge < -0.3 is 4.90 Å². The highest BCUT2D eigenvalue weighted by atomic mass is 79.9. The van der Waals surface area contributed by atoms with Crippen LogP contribution in [-0.2, 0) is 6.42 Å². The highest BCUT2D eigenvalue weighted by molar-refractivity contribution is 9.10. The van der Waals surface area contributed by atoms with Gasteiger partial charge in [0.25, 0.3) is 0 Å². The zero-order valence-corrected chi connectivity index (χ0v) is 25.2. The molecule has 0 aliphatic heterocycles. The van der Waals surface area contributed by atoms with Crippen molar-refractivity contribution in [1.29, 1.82) is 10.5 Å². The Morgan fingerprint density at radius 3 is 1.26 bits per heavy atom. The lowest BCUT2D eigenvalue weighted by Gasteiger charge is -2.25. The SMILES string of the molecule is N#Cc1cccc(Br)c1.N#Cc1cccc(N(c2ccccc2)c2ccccc2)c1.c1ccc(Cc2ccccc2)cc1. The van der Waals surface area contributed by atoms with Gasteiger partial charge in [-0.3, -0.25) is 0 Å². The molecule has 0 heterocycles. The predicted molar refractivity (Wildman–Crippen MR) is 180 cm³/mol. The van der Waals surface area contributed by atoms with E-state index in [1.807, 2.05) is 78.9 Å². The van der Waals surface area contributed by atoms with Crippen molar-refractivity contribution in [3.8, 4) is 12.1 Å². The van der Waals surface area contributed by atoms with Crippen LogP contribution in [0.1, 0.15) is 22.3 Å². The van der Waals surface area contributed by atoms with Crippen molar-refractivity contribution in [3.63, 3.8) is 0 Å². The topological polar surface area (TPSA) is 50.8 Å². The van der Waals surface area contributed by atoms with E-state index in [0.29, 0.717) is 11.1 Å². The van der Waals surface area contributed by atoms with Gasteiger partial charge in [0.15, 0.2) is 0 Å². The molecule has 0 atom stereocenters. The van der Waals surface area contributed by atoms with Gasteiger partial charge in [0.1, 0.15) is 0 Å². The summed E-state index contributed by atoms with van der Waals surface area (Å²) >= 11 is 3.25. The van der Waals surface area contributed by atoms with E-state index in [2.05, 4.69) is 112 Å². The molecule has 6 aromatic carbocycles. The van der Waals surface area contributed by atoms with Gasteiger partial charge in [-0.25, -0.2) is 0 Å². The third kappa shape index (κ3) is 9.87. The van der Waals surface area contributed by atoms with Crippen molar-refractivity contribution in [2.24, 2.45) is 0 Å². The number of para-hydroxylation sites is 2. The lowest BCUT2D eigenvalue weighted by Crippen LogP contribution is -2.09. The number of benzene rings is 6. The first-order chi connectivity index (χ1) is 21.2. The van der Waals surface area contributed by atoms with Crippen LogP contribution < -0.4 is 4.90 Å². The molecule has 0 radical (unpaired) electrons. The first-order valence-electron chi connectivity index (χ1n) is 13.8. The van der Waals surface area contributed by atoms with Crippen LogP contribution in [-0.4, -0.2) is 0 Å². The standard InChI is InChI=1S/C19H14N2.C13H12.C7H4BrN/c20-15-16-8-7-13-19(14-16)21(17-9-3-1-4-10-17)18-11-5-2-6-12-18;1-3-7-12(8-4-1)11-13-9-5-2-6-10-13;8-7-3-1-2-6(4-7)5-9/h1-14H;1-10H,11H2;1-4H. The van der Waals surface area contributed by atoms with Gasteiger partial charge in [-0.05, 0) is 78.2 Å². The minimum atomic E-state index is 0.657. The van der Waals surface area contributed by atoms with E-state index in [4.69, 9.17) is 10.5 Å². The summed E-state index contributed by atoms with van der Waals surface area (Å²) in [7, 11) is 0. The Balaban J connectivity index is 0.000000163. The van der Waals surface area contributed by atoms with E-state index in [0.717, 1.165) is 28.0 Å². The van der Waals surface area contributed by atoms with Crippen molar-refractivity contribution in [2.45, 2.75) is 6.42 Å². The molecule has 0 aromatic heterocycles. The number of anilines is 3. The van der Waals surface area contributed by atoms with Crippen LogP contribution in [0, 0.1) is 22.7 Å². The summed E-state index contributed by atoms with van der Waals surface area (Å²) in [6.07, 6.45) is 1.03. The van der Waals surface area contributed by atoms with Gasteiger partial charge >= 0.3 is 0 Å². The second-order valence-corrected chi connectivity index (χ2v) is 10.4. The number of nitrogens with zero attached hydrogens (tertiary/aromatic N) is 3. The second kappa shape index (κ2) is 16.7. The molecule has 0 aliphatic rings. The van der Waals surface area contributed by atoms with Crippen molar-refractivity contribution in [3.05, 3.63) is 197 Å². The van der Waals surface area contributed by atoms with Gasteiger partial charge in [-0.15, -0.1) is 0 Å². The molecule has 0 bridgehead atoms. The van der Waals surface area contributed by atoms with E-state index >= 15 is 0 Å². The van der Waals surface area contributed by atoms with E-state index < -0.39 is 0 Å². The number of hydrogen-bond acceptors (Lipinski definition) is 3. The number of halogens is 1. The fraction of sp³-hybridized carbons (Fsp3) is 0.0256. The van der Waals surface area contributed by atoms with Gasteiger partial charge in [0.05, 0.1) is 23.3 Å². The third-order valence-corrected chi connectivity index (χ3v) is 6.80. The minimum Gasteiger partial charge on any atom is -0.310 e. The Morgan fingerprint density at radius 2 is 0.837 bits per heavy atom. The lowest BCUT2D eigenvalue weighted by atomic mass is 10.1. The van der Waals surface area contributed by atoms with Crippen molar-refractivity contribution >= 4 is 33.0 Å². The Morgan fingerprint density at radius 1 is 0.442 bits per heavy atom. The summed E-state index contributed by atoms with van der Waals surface area (Å²) in [6, 6.07) is 60.5. The van der Waals surface area contributed by atoms with Crippen LogP contribution in [0.25, 0.3) is 0 Å². The smallest absolute Gasteiger partial charge is 0.0992 e. The average Bonchev–Trinajstić information content (AvgIpc) is 3.07. The maximum atomic E-state index is 9.12. The predicted octanol–water partition coefficient (Wildman–Crippen LogP) is 10.6. The van der Waals surface area contributed by atoms with Crippen molar-refractivity contribution in [1.82, 2.24) is 0 Å². The average molecular weight is 621 g/mol. The molecule has 0 spiro atoms. The van der Waals surface area contributed by atoms with Crippen LogP contribution in [0.15, 0.2) is 174 Å².